The van der Waals surface area contributed by atoms with Crippen LogP contribution in [0, 0.1) is 0 Å². The molecule has 0 atom stereocenters. The highest BCUT2D eigenvalue weighted by atomic mass is 35.5. The number of pyridine rings is 1. The molecule has 0 bridgehead atoms. The summed E-state index contributed by atoms with van der Waals surface area (Å²) in [4.78, 5) is 15.8. The van der Waals surface area contributed by atoms with Gasteiger partial charge in [-0.25, -0.2) is 4.79 Å². The lowest BCUT2D eigenvalue weighted by molar-refractivity contribution is 0.0683. The predicted octanol–water partition coefficient (Wildman–Crippen LogP) is 3.00. The molecule has 0 amide bonds. The molecule has 0 aliphatic heterocycles. The van der Waals surface area contributed by atoms with Crippen molar-refractivity contribution in [2.24, 2.45) is 5.73 Å². The van der Waals surface area contributed by atoms with Gasteiger partial charge in [-0.15, -0.1) is 24.8 Å². The van der Waals surface area contributed by atoms with Crippen LogP contribution in [0.15, 0.2) is 48.7 Å². The van der Waals surface area contributed by atoms with Gasteiger partial charge in [0.15, 0.2) is 0 Å². The van der Waals surface area contributed by atoms with Gasteiger partial charge in [-0.05, 0) is 42.8 Å². The monoisotopic (exact) mass is 424 g/mol. The number of carbonyl (C=O) groups is 1. The second kappa shape index (κ2) is 10.8. The van der Waals surface area contributed by atoms with E-state index in [1.54, 1.807) is 18.3 Å². The Labute approximate surface area is 175 Å². The van der Waals surface area contributed by atoms with Crippen LogP contribution in [0.2, 0.25) is 0 Å². The van der Waals surface area contributed by atoms with Gasteiger partial charge in [0.2, 0.25) is 0 Å². The molecule has 0 spiro atoms. The minimum atomic E-state index is -1.02. The minimum Gasteiger partial charge on any atom is -0.477 e. The molecule has 28 heavy (non-hydrogen) atoms. The summed E-state index contributed by atoms with van der Waals surface area (Å²) >= 11 is 0. The lowest BCUT2D eigenvalue weighted by atomic mass is 10.1. The van der Waals surface area contributed by atoms with E-state index in [1.165, 1.54) is 4.68 Å². The van der Waals surface area contributed by atoms with Crippen molar-refractivity contribution >= 4 is 30.8 Å². The van der Waals surface area contributed by atoms with Crippen molar-refractivity contribution in [1.82, 2.24) is 14.8 Å². The van der Waals surface area contributed by atoms with Crippen molar-refractivity contribution in [3.63, 3.8) is 0 Å². The maximum atomic E-state index is 11.5. The number of hydrogen-bond donors (Lipinski definition) is 3. The summed E-state index contributed by atoms with van der Waals surface area (Å²) in [5, 5.41) is 23.1. The largest absolute Gasteiger partial charge is 0.477 e. The van der Waals surface area contributed by atoms with Gasteiger partial charge >= 0.3 is 5.97 Å². The molecule has 0 radical (unpaired) electrons. The molecule has 0 aliphatic carbocycles. The van der Waals surface area contributed by atoms with Gasteiger partial charge in [0.25, 0.3) is 0 Å². The smallest absolute Gasteiger partial charge is 0.354 e. The normalized spacial score (nSPS) is 10.1. The summed E-state index contributed by atoms with van der Waals surface area (Å²) in [6, 6.07) is 12.7. The predicted molar refractivity (Wildman–Crippen MR) is 112 cm³/mol. The molecule has 7 nitrogen and oxygen atoms in total. The van der Waals surface area contributed by atoms with Gasteiger partial charge < -0.3 is 15.9 Å². The number of rotatable bonds is 7. The summed E-state index contributed by atoms with van der Waals surface area (Å²) in [6.45, 7) is 0.879. The third kappa shape index (κ3) is 5.30. The number of aliphatic hydroxyl groups excluding tert-OH is 1. The summed E-state index contributed by atoms with van der Waals surface area (Å²) in [5.41, 5.74) is 9.40. The molecule has 0 saturated heterocycles. The van der Waals surface area contributed by atoms with Crippen molar-refractivity contribution in [3.05, 3.63) is 59.9 Å². The number of benzene rings is 1. The van der Waals surface area contributed by atoms with Crippen LogP contribution < -0.4 is 5.73 Å². The summed E-state index contributed by atoms with van der Waals surface area (Å²) in [5.74, 6) is -1.02. The van der Waals surface area contributed by atoms with Gasteiger partial charge in [-0.2, -0.15) is 5.10 Å². The van der Waals surface area contributed by atoms with E-state index in [2.05, 4.69) is 10.1 Å². The number of aliphatic hydroxyl groups is 1. The van der Waals surface area contributed by atoms with E-state index in [4.69, 9.17) is 5.73 Å². The molecule has 0 unspecified atom stereocenters. The van der Waals surface area contributed by atoms with E-state index in [0.29, 0.717) is 25.2 Å². The molecular weight excluding hydrogens is 403 g/mol. The third-order valence-electron chi connectivity index (χ3n) is 4.03. The molecule has 150 valence electrons. The Bertz CT molecular complexity index is 931. The summed E-state index contributed by atoms with van der Waals surface area (Å²) in [6.07, 6.45) is 2.31. The first-order chi connectivity index (χ1) is 12.6. The Morgan fingerprint density at radius 1 is 1.07 bits per heavy atom. The van der Waals surface area contributed by atoms with Crippen molar-refractivity contribution < 1.29 is 15.0 Å². The van der Waals surface area contributed by atoms with E-state index in [9.17, 15) is 15.0 Å². The third-order valence-corrected chi connectivity index (χ3v) is 4.03. The van der Waals surface area contributed by atoms with Gasteiger partial charge in [0, 0.05) is 23.9 Å². The molecular formula is C19H22Cl2N4O3. The van der Waals surface area contributed by atoms with E-state index >= 15 is 0 Å². The number of aromatic carboxylic acids is 1. The number of aromatic nitrogens is 3. The van der Waals surface area contributed by atoms with Crippen LogP contribution in [0.4, 0.5) is 0 Å². The molecule has 0 saturated carbocycles. The molecule has 2 aromatic heterocycles. The topological polar surface area (TPSA) is 114 Å². The standard InChI is InChI=1S/C19H20N4O3.2ClH/c20-6-2-8-23-18(19(25)26)11-17(22-23)15-5-7-21-16(10-15)14-4-1-3-13(9-14)12-24;;/h1,3-5,7,9-11,24H,2,6,8,12,20H2,(H,25,26);2*1H. The zero-order valence-electron chi connectivity index (χ0n) is 15.0. The molecule has 9 heteroatoms. The molecule has 4 N–H and O–H groups in total. The molecule has 3 rings (SSSR count). The van der Waals surface area contributed by atoms with Crippen LogP contribution in [0.3, 0.4) is 0 Å². The molecule has 0 fully saturated rings. The fourth-order valence-electron chi connectivity index (χ4n) is 2.72. The molecule has 1 aromatic carbocycles. The fraction of sp³-hybridized carbons (Fsp3) is 0.211. The Kier molecular flexibility index (Phi) is 9.08. The number of nitrogens with zero attached hydrogens (tertiary/aromatic N) is 3. The van der Waals surface area contributed by atoms with E-state index in [1.807, 2.05) is 30.3 Å². The summed E-state index contributed by atoms with van der Waals surface area (Å²) in [7, 11) is 0. The lowest BCUT2D eigenvalue weighted by Gasteiger charge is -2.05. The SMILES string of the molecule is Cl.Cl.NCCCn1nc(-c2ccnc(-c3cccc(CO)c3)c2)cc1C(=O)O. The lowest BCUT2D eigenvalue weighted by Crippen LogP contribution is -2.12. The van der Waals surface area contributed by atoms with Crippen LogP contribution in [0.5, 0.6) is 0 Å². The second-order valence-corrected chi connectivity index (χ2v) is 5.87. The highest BCUT2D eigenvalue weighted by Gasteiger charge is 2.15. The molecule has 3 aromatic rings. The fourth-order valence-corrected chi connectivity index (χ4v) is 2.72. The number of carboxylic acids is 1. The van der Waals surface area contributed by atoms with Crippen molar-refractivity contribution in [2.45, 2.75) is 19.6 Å². The number of halogens is 2. The van der Waals surface area contributed by atoms with Crippen molar-refractivity contribution in [3.8, 4) is 22.5 Å². The molecule has 0 aliphatic rings. The maximum Gasteiger partial charge on any atom is 0.354 e. The van der Waals surface area contributed by atoms with Crippen LogP contribution in [-0.2, 0) is 13.2 Å². The van der Waals surface area contributed by atoms with Crippen LogP contribution in [0.1, 0.15) is 22.5 Å². The highest BCUT2D eigenvalue weighted by molar-refractivity contribution is 5.87. The number of nitrogens with two attached hydrogens (primary N) is 1. The number of carboxylic acid groups (broad SMARTS) is 1. The zero-order valence-corrected chi connectivity index (χ0v) is 16.6. The Morgan fingerprint density at radius 2 is 1.82 bits per heavy atom. The van der Waals surface area contributed by atoms with Crippen LogP contribution in [0.25, 0.3) is 22.5 Å². The molecule has 2 heterocycles. The van der Waals surface area contributed by atoms with Gasteiger partial charge in [-0.3, -0.25) is 9.67 Å². The second-order valence-electron chi connectivity index (χ2n) is 5.87. The maximum absolute atomic E-state index is 11.5. The first kappa shape index (κ1) is 23.6. The first-order valence-corrected chi connectivity index (χ1v) is 8.30. The summed E-state index contributed by atoms with van der Waals surface area (Å²) < 4.78 is 1.47. The van der Waals surface area contributed by atoms with Gasteiger partial charge in [-0.1, -0.05) is 18.2 Å². The first-order valence-electron chi connectivity index (χ1n) is 8.30. The average Bonchev–Trinajstić information content (AvgIpc) is 3.11. The van der Waals surface area contributed by atoms with E-state index in [0.717, 1.165) is 22.4 Å². The number of aryl methyl sites for hydroxylation is 1. The quantitative estimate of drug-likeness (QED) is 0.536. The van der Waals surface area contributed by atoms with Gasteiger partial charge in [0.05, 0.1) is 18.0 Å². The van der Waals surface area contributed by atoms with Crippen molar-refractivity contribution in [2.75, 3.05) is 6.54 Å². The average molecular weight is 425 g/mol. The van der Waals surface area contributed by atoms with E-state index < -0.39 is 5.97 Å². The van der Waals surface area contributed by atoms with E-state index in [-0.39, 0.29) is 37.1 Å². The highest BCUT2D eigenvalue weighted by Crippen LogP contribution is 2.25. The Hall–Kier alpha value is -2.45. The number of hydrogen-bond acceptors (Lipinski definition) is 5. The zero-order chi connectivity index (χ0) is 18.5. The Morgan fingerprint density at radius 3 is 2.50 bits per heavy atom. The Balaban J connectivity index is 0.00000196. The van der Waals surface area contributed by atoms with Crippen LogP contribution in [-0.4, -0.2) is 37.5 Å². The minimum absolute atomic E-state index is 0. The van der Waals surface area contributed by atoms with Crippen molar-refractivity contribution in [1.29, 1.82) is 0 Å². The van der Waals surface area contributed by atoms with Gasteiger partial charge in [0.1, 0.15) is 5.69 Å². The van der Waals surface area contributed by atoms with Crippen LogP contribution >= 0.6 is 24.8 Å².